The van der Waals surface area contributed by atoms with Gasteiger partial charge < -0.3 is 4.74 Å². The molecule has 0 aliphatic heterocycles. The molecule has 1 aromatic carbocycles. The summed E-state index contributed by atoms with van der Waals surface area (Å²) in [6, 6.07) is 4.47. The minimum atomic E-state index is -0.583. The van der Waals surface area contributed by atoms with Crippen LogP contribution in [-0.2, 0) is 4.74 Å². The minimum Gasteiger partial charge on any atom is -0.465 e. The van der Waals surface area contributed by atoms with Crippen molar-refractivity contribution < 1.29 is 14.3 Å². The van der Waals surface area contributed by atoms with E-state index in [1.165, 1.54) is 19.2 Å². The van der Waals surface area contributed by atoms with Gasteiger partial charge in [-0.2, -0.15) is 0 Å². The topological polar surface area (TPSA) is 43.4 Å². The summed E-state index contributed by atoms with van der Waals surface area (Å²) in [5, 5.41) is 0.378. The summed E-state index contributed by atoms with van der Waals surface area (Å²) >= 11 is 11.2. The predicted molar refractivity (Wildman–Crippen MR) is 62.5 cm³/mol. The maximum absolute atomic E-state index is 11.7. The summed E-state index contributed by atoms with van der Waals surface area (Å²) in [5.74, 6) is -0.574. The van der Waals surface area contributed by atoms with Crippen molar-refractivity contribution in [3.63, 3.8) is 0 Å². The third-order valence-corrected chi connectivity index (χ3v) is 2.43. The number of halogens is 2. The first-order valence-corrected chi connectivity index (χ1v) is 5.48. The van der Waals surface area contributed by atoms with Crippen LogP contribution in [-0.4, -0.2) is 24.7 Å². The van der Waals surface area contributed by atoms with E-state index in [0.29, 0.717) is 5.02 Å². The summed E-state index contributed by atoms with van der Waals surface area (Å²) in [6.45, 7) is 0. The second-order valence-electron chi connectivity index (χ2n) is 3.04. The molecule has 0 heterocycles. The number of hydrogen-bond acceptors (Lipinski definition) is 3. The molecule has 0 saturated carbocycles. The van der Waals surface area contributed by atoms with Crippen molar-refractivity contribution >= 4 is 35.0 Å². The number of benzene rings is 1. The van der Waals surface area contributed by atoms with Crippen molar-refractivity contribution in [1.82, 2.24) is 0 Å². The van der Waals surface area contributed by atoms with Crippen molar-refractivity contribution in [2.75, 3.05) is 13.0 Å². The largest absolute Gasteiger partial charge is 0.465 e. The predicted octanol–water partition coefficient (Wildman–Crippen LogP) is 2.94. The van der Waals surface area contributed by atoms with Crippen molar-refractivity contribution in [3.05, 3.63) is 34.3 Å². The highest BCUT2D eigenvalue weighted by atomic mass is 35.5. The minimum absolute atomic E-state index is 0.171. The van der Waals surface area contributed by atoms with Gasteiger partial charge in [-0.3, -0.25) is 4.79 Å². The molecule has 0 aromatic heterocycles. The van der Waals surface area contributed by atoms with Gasteiger partial charge >= 0.3 is 5.97 Å². The van der Waals surface area contributed by atoms with Crippen LogP contribution in [0.25, 0.3) is 0 Å². The monoisotopic (exact) mass is 260 g/mol. The lowest BCUT2D eigenvalue weighted by molar-refractivity contribution is 0.0597. The fourth-order valence-corrected chi connectivity index (χ4v) is 1.60. The average molecular weight is 261 g/mol. The molecular formula is C11H10Cl2O3. The Balaban J connectivity index is 3.17. The van der Waals surface area contributed by atoms with Crippen LogP contribution in [0.2, 0.25) is 5.02 Å². The van der Waals surface area contributed by atoms with Gasteiger partial charge in [0.05, 0.1) is 12.7 Å². The molecule has 0 radical (unpaired) electrons. The highest BCUT2D eigenvalue weighted by molar-refractivity contribution is 6.31. The number of Topliss-reactive ketones (excluding diaryl/α,β-unsaturated/α-hetero) is 1. The van der Waals surface area contributed by atoms with Crippen molar-refractivity contribution in [2.45, 2.75) is 6.42 Å². The molecular weight excluding hydrogens is 251 g/mol. The van der Waals surface area contributed by atoms with Crippen LogP contribution >= 0.6 is 23.2 Å². The van der Waals surface area contributed by atoms with Crippen LogP contribution in [0.4, 0.5) is 0 Å². The second kappa shape index (κ2) is 5.87. The van der Waals surface area contributed by atoms with E-state index >= 15 is 0 Å². The Labute approximate surface area is 103 Å². The zero-order chi connectivity index (χ0) is 12.1. The lowest BCUT2D eigenvalue weighted by atomic mass is 10.0. The van der Waals surface area contributed by atoms with E-state index in [1.807, 2.05) is 0 Å². The number of carbonyl (C=O) groups excluding carboxylic acids is 2. The summed E-state index contributed by atoms with van der Waals surface area (Å²) in [7, 11) is 1.25. The molecule has 0 atom stereocenters. The Bertz CT molecular complexity index is 416. The SMILES string of the molecule is COC(=O)c1cc(Cl)ccc1C(=O)CCCl. The molecule has 0 amide bonds. The zero-order valence-electron chi connectivity index (χ0n) is 8.63. The van der Waals surface area contributed by atoms with Crippen LogP contribution in [0, 0.1) is 0 Å². The van der Waals surface area contributed by atoms with E-state index in [9.17, 15) is 9.59 Å². The number of methoxy groups -OCH3 is 1. The van der Waals surface area contributed by atoms with E-state index < -0.39 is 5.97 Å². The molecule has 0 aliphatic carbocycles. The first kappa shape index (κ1) is 13.0. The van der Waals surface area contributed by atoms with Crippen LogP contribution in [0.1, 0.15) is 27.1 Å². The van der Waals surface area contributed by atoms with Gasteiger partial charge in [-0.05, 0) is 18.2 Å². The Hall–Kier alpha value is -1.06. The number of carbonyl (C=O) groups is 2. The molecule has 5 heteroatoms. The van der Waals surface area contributed by atoms with Gasteiger partial charge in [0, 0.05) is 22.9 Å². The normalized spacial score (nSPS) is 9.94. The van der Waals surface area contributed by atoms with Crippen LogP contribution in [0.3, 0.4) is 0 Å². The molecule has 0 unspecified atom stereocenters. The van der Waals surface area contributed by atoms with Gasteiger partial charge in [-0.1, -0.05) is 11.6 Å². The Morgan fingerprint density at radius 1 is 1.31 bits per heavy atom. The number of ether oxygens (including phenoxy) is 1. The van der Waals surface area contributed by atoms with E-state index in [-0.39, 0.29) is 29.2 Å². The Morgan fingerprint density at radius 3 is 2.56 bits per heavy atom. The second-order valence-corrected chi connectivity index (χ2v) is 3.86. The smallest absolute Gasteiger partial charge is 0.338 e. The number of rotatable bonds is 4. The number of alkyl halides is 1. The average Bonchev–Trinajstić information content (AvgIpc) is 2.28. The third kappa shape index (κ3) is 2.97. The standard InChI is InChI=1S/C11H10Cl2O3/c1-16-11(15)9-6-7(13)2-3-8(9)10(14)4-5-12/h2-3,6H,4-5H2,1H3. The summed E-state index contributed by atoms with van der Waals surface area (Å²) in [5.41, 5.74) is 0.460. The molecule has 3 nitrogen and oxygen atoms in total. The van der Waals surface area contributed by atoms with Crippen LogP contribution < -0.4 is 0 Å². The van der Waals surface area contributed by atoms with Gasteiger partial charge in [-0.15, -0.1) is 11.6 Å². The van der Waals surface area contributed by atoms with Crippen molar-refractivity contribution in [2.24, 2.45) is 0 Å². The molecule has 0 N–H and O–H groups in total. The molecule has 1 aromatic rings. The maximum Gasteiger partial charge on any atom is 0.338 e. The Kier molecular flexibility index (Phi) is 4.77. The lowest BCUT2D eigenvalue weighted by Gasteiger charge is -2.06. The summed E-state index contributed by atoms with van der Waals surface area (Å²) in [4.78, 5) is 23.1. The molecule has 86 valence electrons. The molecule has 0 spiro atoms. The first-order chi connectivity index (χ1) is 7.60. The van der Waals surface area contributed by atoms with Gasteiger partial charge in [0.25, 0.3) is 0 Å². The van der Waals surface area contributed by atoms with E-state index in [1.54, 1.807) is 6.07 Å². The fourth-order valence-electron chi connectivity index (χ4n) is 1.26. The van der Waals surface area contributed by atoms with Crippen molar-refractivity contribution in [1.29, 1.82) is 0 Å². The van der Waals surface area contributed by atoms with Gasteiger partial charge in [-0.25, -0.2) is 4.79 Å². The van der Waals surface area contributed by atoms with Crippen LogP contribution in [0.15, 0.2) is 18.2 Å². The van der Waals surface area contributed by atoms with E-state index in [0.717, 1.165) is 0 Å². The van der Waals surface area contributed by atoms with Crippen LogP contribution in [0.5, 0.6) is 0 Å². The van der Waals surface area contributed by atoms with Crippen molar-refractivity contribution in [3.8, 4) is 0 Å². The number of ketones is 1. The number of hydrogen-bond donors (Lipinski definition) is 0. The molecule has 1 rings (SSSR count). The summed E-state index contributed by atoms with van der Waals surface area (Å²) in [6.07, 6.45) is 0.174. The highest BCUT2D eigenvalue weighted by Gasteiger charge is 2.17. The quantitative estimate of drug-likeness (QED) is 0.475. The lowest BCUT2D eigenvalue weighted by Crippen LogP contribution is -2.10. The maximum atomic E-state index is 11.7. The molecule has 16 heavy (non-hydrogen) atoms. The first-order valence-electron chi connectivity index (χ1n) is 4.57. The van der Waals surface area contributed by atoms with Gasteiger partial charge in [0.2, 0.25) is 0 Å². The molecule has 0 saturated heterocycles. The van der Waals surface area contributed by atoms with E-state index in [2.05, 4.69) is 4.74 Å². The number of esters is 1. The fraction of sp³-hybridized carbons (Fsp3) is 0.273. The van der Waals surface area contributed by atoms with Gasteiger partial charge in [0.15, 0.2) is 5.78 Å². The molecule has 0 fully saturated rings. The zero-order valence-corrected chi connectivity index (χ0v) is 10.1. The Morgan fingerprint density at radius 2 is 2.00 bits per heavy atom. The molecule has 0 aliphatic rings. The third-order valence-electron chi connectivity index (χ3n) is 2.01. The summed E-state index contributed by atoms with van der Waals surface area (Å²) < 4.78 is 4.58. The van der Waals surface area contributed by atoms with E-state index in [4.69, 9.17) is 23.2 Å². The molecule has 0 bridgehead atoms. The highest BCUT2D eigenvalue weighted by Crippen LogP contribution is 2.18. The van der Waals surface area contributed by atoms with Gasteiger partial charge in [0.1, 0.15) is 0 Å².